The van der Waals surface area contributed by atoms with Crippen LogP contribution in [0.2, 0.25) is 0 Å². The first kappa shape index (κ1) is 19.2. The summed E-state index contributed by atoms with van der Waals surface area (Å²) in [7, 11) is 0. The van der Waals surface area contributed by atoms with E-state index in [0.717, 1.165) is 16.8 Å². The van der Waals surface area contributed by atoms with Crippen molar-refractivity contribution in [1.82, 2.24) is 15.0 Å². The van der Waals surface area contributed by atoms with Gasteiger partial charge in [-0.15, -0.1) is 0 Å². The van der Waals surface area contributed by atoms with E-state index >= 15 is 0 Å². The molecule has 0 aliphatic rings. The Morgan fingerprint density at radius 3 is 1.67 bits per heavy atom. The molecule has 0 bridgehead atoms. The molecule has 0 atom stereocenters. The second kappa shape index (κ2) is 9.38. The summed E-state index contributed by atoms with van der Waals surface area (Å²) < 4.78 is 0. The normalized spacial score (nSPS) is 10.4. The lowest BCUT2D eigenvalue weighted by Crippen LogP contribution is -2.11. The minimum atomic E-state index is 0.432. The smallest absolute Gasteiger partial charge is 0.233 e. The number of anilines is 5. The van der Waals surface area contributed by atoms with Gasteiger partial charge in [0.05, 0.1) is 0 Å². The second-order valence-corrected chi connectivity index (χ2v) is 6.73. The molecule has 0 spiro atoms. The molecule has 0 fully saturated rings. The van der Waals surface area contributed by atoms with Crippen LogP contribution < -0.4 is 21.7 Å². The van der Waals surface area contributed by atoms with Gasteiger partial charge in [0, 0.05) is 24.5 Å². The summed E-state index contributed by atoms with van der Waals surface area (Å²) in [6, 6.07) is 27.7. The maximum atomic E-state index is 5.88. The van der Waals surface area contributed by atoms with E-state index in [1.54, 1.807) is 0 Å². The number of nitrogens with zero attached hydrogens (tertiary/aromatic N) is 3. The Hall–Kier alpha value is -4.13. The fourth-order valence-corrected chi connectivity index (χ4v) is 2.89. The second-order valence-electron chi connectivity index (χ2n) is 6.73. The molecule has 0 radical (unpaired) electrons. The van der Waals surface area contributed by atoms with Crippen LogP contribution in [-0.4, -0.2) is 15.0 Å². The summed E-state index contributed by atoms with van der Waals surface area (Å²) >= 11 is 0. The van der Waals surface area contributed by atoms with E-state index in [2.05, 4.69) is 55.2 Å². The monoisotopic (exact) mass is 397 g/mol. The van der Waals surface area contributed by atoms with Crippen LogP contribution in [-0.2, 0) is 13.1 Å². The molecule has 1 aromatic heterocycles. The Balaban J connectivity index is 1.54. The molecule has 150 valence electrons. The predicted octanol–water partition coefficient (Wildman–Crippen LogP) is 4.42. The lowest BCUT2D eigenvalue weighted by atomic mass is 10.2. The SMILES string of the molecule is Nc1cccc(Nc2nc(NCc3ccccc3)nc(NCc3ccccc3)n2)c1. The number of hydrogen-bond acceptors (Lipinski definition) is 7. The van der Waals surface area contributed by atoms with Crippen LogP contribution in [0.15, 0.2) is 84.9 Å². The quantitative estimate of drug-likeness (QED) is 0.327. The maximum Gasteiger partial charge on any atom is 0.233 e. The van der Waals surface area contributed by atoms with Gasteiger partial charge in [-0.2, -0.15) is 15.0 Å². The zero-order chi connectivity index (χ0) is 20.6. The fourth-order valence-electron chi connectivity index (χ4n) is 2.89. The Morgan fingerprint density at radius 2 is 1.13 bits per heavy atom. The Bertz CT molecular complexity index is 1020. The van der Waals surface area contributed by atoms with Crippen molar-refractivity contribution in [1.29, 1.82) is 0 Å². The number of hydrogen-bond donors (Lipinski definition) is 4. The van der Waals surface area contributed by atoms with Crippen LogP contribution in [0.25, 0.3) is 0 Å². The van der Waals surface area contributed by atoms with Gasteiger partial charge >= 0.3 is 0 Å². The molecule has 0 saturated carbocycles. The first-order chi connectivity index (χ1) is 14.7. The first-order valence-corrected chi connectivity index (χ1v) is 9.69. The summed E-state index contributed by atoms with van der Waals surface area (Å²) in [5.74, 6) is 1.40. The largest absolute Gasteiger partial charge is 0.399 e. The van der Waals surface area contributed by atoms with Crippen LogP contribution in [0.1, 0.15) is 11.1 Å². The zero-order valence-electron chi connectivity index (χ0n) is 16.4. The Kier molecular flexibility index (Phi) is 6.00. The topological polar surface area (TPSA) is 101 Å². The van der Waals surface area contributed by atoms with Crippen molar-refractivity contribution in [2.45, 2.75) is 13.1 Å². The third-order valence-electron chi connectivity index (χ3n) is 4.37. The summed E-state index contributed by atoms with van der Waals surface area (Å²) in [5.41, 5.74) is 9.64. The van der Waals surface area contributed by atoms with Gasteiger partial charge in [-0.25, -0.2) is 0 Å². The zero-order valence-corrected chi connectivity index (χ0v) is 16.4. The van der Waals surface area contributed by atoms with E-state index in [-0.39, 0.29) is 0 Å². The van der Waals surface area contributed by atoms with Gasteiger partial charge in [-0.1, -0.05) is 66.7 Å². The fraction of sp³-hybridized carbons (Fsp3) is 0.0870. The van der Waals surface area contributed by atoms with Crippen LogP contribution >= 0.6 is 0 Å². The van der Waals surface area contributed by atoms with Gasteiger partial charge < -0.3 is 21.7 Å². The van der Waals surface area contributed by atoms with Crippen molar-refractivity contribution in [3.8, 4) is 0 Å². The molecular formula is C23H23N7. The van der Waals surface area contributed by atoms with Gasteiger partial charge in [0.2, 0.25) is 17.8 Å². The number of nitrogens with one attached hydrogen (secondary N) is 3. The van der Waals surface area contributed by atoms with Crippen molar-refractivity contribution >= 4 is 29.2 Å². The number of benzene rings is 3. The standard InChI is InChI=1S/C23H23N7/c24-19-12-7-13-20(14-19)27-23-29-21(25-15-17-8-3-1-4-9-17)28-22(30-23)26-16-18-10-5-2-6-11-18/h1-14H,15-16,24H2,(H3,25,26,27,28,29,30). The molecule has 1 heterocycles. The van der Waals surface area contributed by atoms with Crippen LogP contribution in [0, 0.1) is 0 Å². The molecule has 4 rings (SSSR count). The van der Waals surface area contributed by atoms with Gasteiger partial charge in [-0.05, 0) is 29.3 Å². The summed E-state index contributed by atoms with van der Waals surface area (Å²) in [5, 5.41) is 9.74. The van der Waals surface area contributed by atoms with Crippen LogP contribution in [0.5, 0.6) is 0 Å². The first-order valence-electron chi connectivity index (χ1n) is 9.69. The molecule has 0 aliphatic carbocycles. The highest BCUT2D eigenvalue weighted by Crippen LogP contribution is 2.18. The number of aromatic nitrogens is 3. The van der Waals surface area contributed by atoms with E-state index in [1.807, 2.05) is 60.7 Å². The highest BCUT2D eigenvalue weighted by molar-refractivity contribution is 5.60. The van der Waals surface area contributed by atoms with E-state index in [1.165, 1.54) is 0 Å². The van der Waals surface area contributed by atoms with Crippen LogP contribution in [0.4, 0.5) is 29.2 Å². The molecular weight excluding hydrogens is 374 g/mol. The Labute approximate surface area is 175 Å². The van der Waals surface area contributed by atoms with E-state index in [9.17, 15) is 0 Å². The molecule has 30 heavy (non-hydrogen) atoms. The third kappa shape index (κ3) is 5.45. The molecule has 0 unspecified atom stereocenters. The van der Waals surface area contributed by atoms with Crippen molar-refractivity contribution in [2.24, 2.45) is 0 Å². The van der Waals surface area contributed by atoms with Gasteiger partial charge in [0.15, 0.2) is 0 Å². The molecule has 0 amide bonds. The highest BCUT2D eigenvalue weighted by atomic mass is 15.3. The molecule has 7 nitrogen and oxygen atoms in total. The van der Waals surface area contributed by atoms with E-state index in [0.29, 0.717) is 36.6 Å². The van der Waals surface area contributed by atoms with Gasteiger partial charge in [0.25, 0.3) is 0 Å². The summed E-state index contributed by atoms with van der Waals surface area (Å²) in [6.07, 6.45) is 0. The van der Waals surface area contributed by atoms with Crippen molar-refractivity contribution in [3.63, 3.8) is 0 Å². The lowest BCUT2D eigenvalue weighted by Gasteiger charge is -2.12. The average molecular weight is 397 g/mol. The predicted molar refractivity (Wildman–Crippen MR) is 122 cm³/mol. The van der Waals surface area contributed by atoms with E-state index < -0.39 is 0 Å². The number of rotatable bonds is 8. The molecule has 3 aromatic carbocycles. The highest BCUT2D eigenvalue weighted by Gasteiger charge is 2.08. The minimum absolute atomic E-state index is 0.432. The van der Waals surface area contributed by atoms with Gasteiger partial charge in [-0.3, -0.25) is 0 Å². The third-order valence-corrected chi connectivity index (χ3v) is 4.37. The minimum Gasteiger partial charge on any atom is -0.399 e. The number of nitrogens with two attached hydrogens (primary N) is 1. The van der Waals surface area contributed by atoms with Crippen molar-refractivity contribution in [3.05, 3.63) is 96.1 Å². The number of nitrogen functional groups attached to an aromatic ring is 1. The molecule has 4 aromatic rings. The van der Waals surface area contributed by atoms with Crippen LogP contribution in [0.3, 0.4) is 0 Å². The Morgan fingerprint density at radius 1 is 0.600 bits per heavy atom. The van der Waals surface area contributed by atoms with Crippen molar-refractivity contribution in [2.75, 3.05) is 21.7 Å². The summed E-state index contributed by atoms with van der Waals surface area (Å²) in [4.78, 5) is 13.5. The van der Waals surface area contributed by atoms with Gasteiger partial charge in [0.1, 0.15) is 0 Å². The van der Waals surface area contributed by atoms with Crippen molar-refractivity contribution < 1.29 is 0 Å². The molecule has 0 aliphatic heterocycles. The lowest BCUT2D eigenvalue weighted by molar-refractivity contribution is 0.983. The molecule has 7 heteroatoms. The summed E-state index contributed by atoms with van der Waals surface area (Å²) in [6.45, 7) is 1.22. The molecule has 5 N–H and O–H groups in total. The van der Waals surface area contributed by atoms with E-state index in [4.69, 9.17) is 5.73 Å². The maximum absolute atomic E-state index is 5.88. The molecule has 0 saturated heterocycles. The average Bonchev–Trinajstić information content (AvgIpc) is 2.78.